The van der Waals surface area contributed by atoms with Crippen molar-refractivity contribution in [1.29, 1.82) is 0 Å². The molecule has 2 aromatic carbocycles. The van der Waals surface area contributed by atoms with E-state index < -0.39 is 0 Å². The molecule has 0 aliphatic carbocycles. The number of hydrogen-bond donors (Lipinski definition) is 0. The Morgan fingerprint density at radius 3 is 2.72 bits per heavy atom. The SMILES string of the molecule is CCCCOc1ccc(C2CCCCCc3cc(F)ccc3O2)cc1. The molecule has 1 aliphatic heterocycles. The summed E-state index contributed by atoms with van der Waals surface area (Å²) in [5.41, 5.74) is 2.13. The summed E-state index contributed by atoms with van der Waals surface area (Å²) in [7, 11) is 0. The third-order valence-electron chi connectivity index (χ3n) is 4.72. The number of halogens is 1. The standard InChI is InChI=1S/C22H27FO2/c1-2-3-15-24-20-12-9-17(10-13-20)21-8-6-4-5-7-18-16-19(23)11-14-22(18)25-21/h9-14,16,21H,2-8,15H2,1H3. The molecule has 2 aromatic rings. The molecule has 1 atom stereocenters. The van der Waals surface area contributed by atoms with Gasteiger partial charge in [0.2, 0.25) is 0 Å². The summed E-state index contributed by atoms with van der Waals surface area (Å²) in [6.45, 7) is 2.92. The Kier molecular flexibility index (Phi) is 6.32. The Morgan fingerprint density at radius 1 is 1.08 bits per heavy atom. The van der Waals surface area contributed by atoms with E-state index >= 15 is 0 Å². The zero-order valence-electron chi connectivity index (χ0n) is 15.0. The van der Waals surface area contributed by atoms with Crippen molar-refractivity contribution in [3.05, 3.63) is 59.4 Å². The number of hydrogen-bond acceptors (Lipinski definition) is 2. The molecule has 0 saturated carbocycles. The predicted octanol–water partition coefficient (Wildman–Crippen LogP) is 6.24. The summed E-state index contributed by atoms with van der Waals surface area (Å²) in [4.78, 5) is 0. The van der Waals surface area contributed by atoms with Gasteiger partial charge < -0.3 is 9.47 Å². The Labute approximate surface area is 150 Å². The van der Waals surface area contributed by atoms with Gasteiger partial charge in [0, 0.05) is 0 Å². The van der Waals surface area contributed by atoms with Crippen LogP contribution in [0.1, 0.15) is 62.7 Å². The van der Waals surface area contributed by atoms with Crippen LogP contribution in [0.3, 0.4) is 0 Å². The number of ether oxygens (including phenoxy) is 2. The lowest BCUT2D eigenvalue weighted by Crippen LogP contribution is -2.08. The maximum atomic E-state index is 13.6. The van der Waals surface area contributed by atoms with Gasteiger partial charge in [-0.15, -0.1) is 0 Å². The second kappa shape index (κ2) is 8.89. The maximum absolute atomic E-state index is 13.6. The third-order valence-corrected chi connectivity index (χ3v) is 4.72. The lowest BCUT2D eigenvalue weighted by molar-refractivity contribution is 0.191. The highest BCUT2D eigenvalue weighted by Gasteiger charge is 2.18. The molecule has 0 fully saturated rings. The molecule has 0 amide bonds. The lowest BCUT2D eigenvalue weighted by atomic mass is 10.0. The molecule has 3 heteroatoms. The van der Waals surface area contributed by atoms with Crippen LogP contribution in [0.2, 0.25) is 0 Å². The highest BCUT2D eigenvalue weighted by molar-refractivity contribution is 5.36. The number of fused-ring (bicyclic) bond motifs is 1. The highest BCUT2D eigenvalue weighted by Crippen LogP contribution is 2.33. The fourth-order valence-corrected chi connectivity index (χ4v) is 3.24. The molecule has 134 valence electrons. The van der Waals surface area contributed by atoms with Gasteiger partial charge in [-0.1, -0.05) is 31.9 Å². The van der Waals surface area contributed by atoms with Crippen LogP contribution in [0.4, 0.5) is 4.39 Å². The molecule has 0 N–H and O–H groups in total. The van der Waals surface area contributed by atoms with Gasteiger partial charge in [0.25, 0.3) is 0 Å². The van der Waals surface area contributed by atoms with Crippen LogP contribution >= 0.6 is 0 Å². The van der Waals surface area contributed by atoms with Gasteiger partial charge in [0.15, 0.2) is 0 Å². The van der Waals surface area contributed by atoms with Gasteiger partial charge >= 0.3 is 0 Å². The van der Waals surface area contributed by atoms with Crippen molar-refractivity contribution in [3.63, 3.8) is 0 Å². The summed E-state index contributed by atoms with van der Waals surface area (Å²) in [6, 6.07) is 13.1. The average Bonchev–Trinajstić information content (AvgIpc) is 2.72. The number of aryl methyl sites for hydroxylation is 1. The van der Waals surface area contributed by atoms with Crippen LogP contribution in [0.5, 0.6) is 11.5 Å². The first kappa shape index (κ1) is 17.8. The van der Waals surface area contributed by atoms with Crippen molar-refractivity contribution < 1.29 is 13.9 Å². The summed E-state index contributed by atoms with van der Waals surface area (Å²) >= 11 is 0. The summed E-state index contributed by atoms with van der Waals surface area (Å²) in [5.74, 6) is 1.53. The van der Waals surface area contributed by atoms with Crippen molar-refractivity contribution in [2.75, 3.05) is 6.61 Å². The minimum atomic E-state index is -0.188. The molecular weight excluding hydrogens is 315 g/mol. The molecule has 1 heterocycles. The number of rotatable bonds is 5. The molecule has 2 nitrogen and oxygen atoms in total. The number of unbranched alkanes of at least 4 members (excludes halogenated alkanes) is 1. The first-order chi connectivity index (χ1) is 12.3. The minimum absolute atomic E-state index is 0.00648. The van der Waals surface area contributed by atoms with E-state index in [1.165, 1.54) is 6.07 Å². The van der Waals surface area contributed by atoms with E-state index in [1.54, 1.807) is 12.1 Å². The first-order valence-electron chi connectivity index (χ1n) is 9.44. The normalized spacial score (nSPS) is 17.6. The Balaban J connectivity index is 1.74. The largest absolute Gasteiger partial charge is 0.494 e. The van der Waals surface area contributed by atoms with Gasteiger partial charge in [0.05, 0.1) is 6.61 Å². The van der Waals surface area contributed by atoms with Crippen LogP contribution < -0.4 is 9.47 Å². The van der Waals surface area contributed by atoms with Crippen LogP contribution in [0.15, 0.2) is 42.5 Å². The van der Waals surface area contributed by atoms with E-state index in [0.717, 1.165) is 74.2 Å². The van der Waals surface area contributed by atoms with Crippen LogP contribution in [0, 0.1) is 5.82 Å². The van der Waals surface area contributed by atoms with E-state index in [0.29, 0.717) is 0 Å². The maximum Gasteiger partial charge on any atom is 0.124 e. The molecule has 0 radical (unpaired) electrons. The summed E-state index contributed by atoms with van der Waals surface area (Å²) in [6.07, 6.45) is 7.42. The van der Waals surface area contributed by atoms with Gasteiger partial charge in [-0.2, -0.15) is 0 Å². The van der Waals surface area contributed by atoms with Gasteiger partial charge in [0.1, 0.15) is 23.4 Å². The van der Waals surface area contributed by atoms with Crippen LogP contribution in [-0.2, 0) is 6.42 Å². The molecule has 0 saturated heterocycles. The third kappa shape index (κ3) is 4.97. The van der Waals surface area contributed by atoms with Crippen molar-refractivity contribution in [1.82, 2.24) is 0 Å². The first-order valence-corrected chi connectivity index (χ1v) is 9.44. The molecule has 0 bridgehead atoms. The fraction of sp³-hybridized carbons (Fsp3) is 0.455. The summed E-state index contributed by atoms with van der Waals surface area (Å²) < 4.78 is 25.6. The van der Waals surface area contributed by atoms with E-state index in [4.69, 9.17) is 9.47 Å². The molecule has 0 aromatic heterocycles. The lowest BCUT2D eigenvalue weighted by Gasteiger charge is -2.21. The zero-order chi connectivity index (χ0) is 17.5. The monoisotopic (exact) mass is 342 g/mol. The Hall–Kier alpha value is -2.03. The van der Waals surface area contributed by atoms with Gasteiger partial charge in [-0.3, -0.25) is 0 Å². The minimum Gasteiger partial charge on any atom is -0.494 e. The topological polar surface area (TPSA) is 18.5 Å². The molecule has 0 spiro atoms. The smallest absolute Gasteiger partial charge is 0.124 e. The zero-order valence-corrected chi connectivity index (χ0v) is 15.0. The van der Waals surface area contributed by atoms with Crippen molar-refractivity contribution in [3.8, 4) is 11.5 Å². The molecule has 1 unspecified atom stereocenters. The second-order valence-electron chi connectivity index (χ2n) is 6.73. The van der Waals surface area contributed by atoms with Crippen LogP contribution in [-0.4, -0.2) is 6.61 Å². The average molecular weight is 342 g/mol. The molecule has 25 heavy (non-hydrogen) atoms. The molecule has 3 rings (SSSR count). The number of benzene rings is 2. The molecule has 1 aliphatic rings. The highest BCUT2D eigenvalue weighted by atomic mass is 19.1. The van der Waals surface area contributed by atoms with Gasteiger partial charge in [-0.05, 0) is 73.6 Å². The molecular formula is C22H27FO2. The Morgan fingerprint density at radius 2 is 1.92 bits per heavy atom. The Bertz CT molecular complexity index is 666. The van der Waals surface area contributed by atoms with Gasteiger partial charge in [-0.25, -0.2) is 4.39 Å². The van der Waals surface area contributed by atoms with E-state index in [-0.39, 0.29) is 11.9 Å². The predicted molar refractivity (Wildman–Crippen MR) is 98.8 cm³/mol. The van der Waals surface area contributed by atoms with E-state index in [1.807, 2.05) is 12.1 Å². The van der Waals surface area contributed by atoms with E-state index in [9.17, 15) is 4.39 Å². The van der Waals surface area contributed by atoms with Crippen molar-refractivity contribution in [2.24, 2.45) is 0 Å². The van der Waals surface area contributed by atoms with Crippen molar-refractivity contribution >= 4 is 0 Å². The second-order valence-corrected chi connectivity index (χ2v) is 6.73. The van der Waals surface area contributed by atoms with Crippen LogP contribution in [0.25, 0.3) is 0 Å². The quantitative estimate of drug-likeness (QED) is 0.599. The fourth-order valence-electron chi connectivity index (χ4n) is 3.24. The van der Waals surface area contributed by atoms with Crippen molar-refractivity contribution in [2.45, 2.75) is 58.0 Å². The van der Waals surface area contributed by atoms with E-state index in [2.05, 4.69) is 19.1 Å². The summed E-state index contributed by atoms with van der Waals surface area (Å²) in [5, 5.41) is 0.